The maximum atomic E-state index is 12.5. The van der Waals surface area contributed by atoms with Gasteiger partial charge in [-0.15, -0.1) is 0 Å². The summed E-state index contributed by atoms with van der Waals surface area (Å²) in [5.74, 6) is 0.217. The highest BCUT2D eigenvalue weighted by atomic mass is 16.2. The van der Waals surface area contributed by atoms with Crippen LogP contribution in [0.4, 0.5) is 0 Å². The monoisotopic (exact) mass is 254 g/mol. The highest BCUT2D eigenvalue weighted by Gasteiger charge is 2.35. The molecule has 18 heavy (non-hydrogen) atoms. The second-order valence-corrected chi connectivity index (χ2v) is 6.97. The highest BCUT2D eigenvalue weighted by Crippen LogP contribution is 2.36. The molecule has 0 unspecified atom stereocenters. The molecule has 106 valence electrons. The summed E-state index contributed by atoms with van der Waals surface area (Å²) in [4.78, 5) is 14.4. The number of hydrogen-bond donors (Lipinski definition) is 1. The van der Waals surface area contributed by atoms with Crippen molar-refractivity contribution in [1.29, 1.82) is 0 Å². The summed E-state index contributed by atoms with van der Waals surface area (Å²) >= 11 is 0. The molecule has 0 aliphatic heterocycles. The Bertz CT molecular complexity index is 287. The first kappa shape index (κ1) is 15.5. The number of rotatable bonds is 4. The van der Waals surface area contributed by atoms with Crippen molar-refractivity contribution in [1.82, 2.24) is 10.2 Å². The van der Waals surface area contributed by atoms with Gasteiger partial charge in [-0.1, -0.05) is 20.8 Å². The highest BCUT2D eigenvalue weighted by molar-refractivity contribution is 5.85. The zero-order chi connectivity index (χ0) is 14.0. The van der Waals surface area contributed by atoms with Crippen LogP contribution in [-0.4, -0.2) is 36.0 Å². The van der Waals surface area contributed by atoms with Crippen molar-refractivity contribution < 1.29 is 4.79 Å². The number of likely N-dealkylation sites (N-methyl/N-ethyl adjacent to an activating group) is 2. The quantitative estimate of drug-likeness (QED) is 0.836. The molecule has 3 nitrogen and oxygen atoms in total. The number of amides is 1. The minimum absolute atomic E-state index is 0.217. The fraction of sp³-hybridized carbons (Fsp3) is 0.933. The summed E-state index contributed by atoms with van der Waals surface area (Å²) in [5, 5.41) is 3.27. The largest absolute Gasteiger partial charge is 0.341 e. The Kier molecular flexibility index (Phi) is 4.82. The van der Waals surface area contributed by atoms with E-state index in [1.165, 1.54) is 12.8 Å². The Morgan fingerprint density at radius 1 is 1.33 bits per heavy atom. The maximum Gasteiger partial charge on any atom is 0.242 e. The first-order chi connectivity index (χ1) is 8.19. The first-order valence-corrected chi connectivity index (χ1v) is 7.22. The van der Waals surface area contributed by atoms with Crippen LogP contribution in [0.15, 0.2) is 0 Å². The Morgan fingerprint density at radius 2 is 1.83 bits per heavy atom. The van der Waals surface area contributed by atoms with Gasteiger partial charge in [0.25, 0.3) is 0 Å². The average molecular weight is 254 g/mol. The van der Waals surface area contributed by atoms with Gasteiger partial charge >= 0.3 is 0 Å². The molecule has 0 aromatic carbocycles. The van der Waals surface area contributed by atoms with Crippen molar-refractivity contribution in [3.05, 3.63) is 0 Å². The third kappa shape index (κ3) is 3.71. The topological polar surface area (TPSA) is 32.3 Å². The van der Waals surface area contributed by atoms with Crippen molar-refractivity contribution in [2.24, 2.45) is 5.41 Å². The standard InChI is InChI=1S/C15H30N2O/c1-7-16-15(4,5)13(18)17(6)12-8-10-14(2,3)11-9-12/h12,16H,7-11H2,1-6H3. The van der Waals surface area contributed by atoms with E-state index in [4.69, 9.17) is 0 Å². The molecule has 0 atom stereocenters. The van der Waals surface area contributed by atoms with Crippen molar-refractivity contribution in [3.63, 3.8) is 0 Å². The van der Waals surface area contributed by atoms with E-state index in [-0.39, 0.29) is 5.91 Å². The average Bonchev–Trinajstić information content (AvgIpc) is 2.27. The Morgan fingerprint density at radius 3 is 2.28 bits per heavy atom. The number of carbonyl (C=O) groups excluding carboxylic acids is 1. The molecule has 1 aliphatic carbocycles. The molecule has 0 heterocycles. The minimum atomic E-state index is -0.448. The van der Waals surface area contributed by atoms with Gasteiger partial charge in [-0.25, -0.2) is 0 Å². The molecule has 0 aromatic rings. The van der Waals surface area contributed by atoms with E-state index in [0.717, 1.165) is 19.4 Å². The molecule has 0 spiro atoms. The van der Waals surface area contributed by atoms with Gasteiger partial charge < -0.3 is 10.2 Å². The molecule has 0 bridgehead atoms. The van der Waals surface area contributed by atoms with Crippen LogP contribution in [0.2, 0.25) is 0 Å². The van der Waals surface area contributed by atoms with E-state index in [9.17, 15) is 4.79 Å². The molecule has 1 saturated carbocycles. The summed E-state index contributed by atoms with van der Waals surface area (Å²) in [6.07, 6.45) is 4.71. The van der Waals surface area contributed by atoms with Gasteiger partial charge in [-0.3, -0.25) is 4.79 Å². The maximum absolute atomic E-state index is 12.5. The number of carbonyl (C=O) groups is 1. The summed E-state index contributed by atoms with van der Waals surface area (Å²) < 4.78 is 0. The summed E-state index contributed by atoms with van der Waals surface area (Å²) in [6, 6.07) is 0.420. The lowest BCUT2D eigenvalue weighted by atomic mass is 9.75. The van der Waals surface area contributed by atoms with Gasteiger partial charge in [0.1, 0.15) is 0 Å². The van der Waals surface area contributed by atoms with Crippen LogP contribution in [-0.2, 0) is 4.79 Å². The van der Waals surface area contributed by atoms with Crippen LogP contribution < -0.4 is 5.32 Å². The zero-order valence-electron chi connectivity index (χ0n) is 13.0. The summed E-state index contributed by atoms with van der Waals surface area (Å²) in [6.45, 7) is 11.5. The van der Waals surface area contributed by atoms with Gasteiger partial charge in [-0.05, 0) is 51.5 Å². The molecular formula is C15H30N2O. The predicted molar refractivity (Wildman–Crippen MR) is 76.6 cm³/mol. The molecular weight excluding hydrogens is 224 g/mol. The normalized spacial score (nSPS) is 20.8. The van der Waals surface area contributed by atoms with Gasteiger partial charge in [-0.2, -0.15) is 0 Å². The summed E-state index contributed by atoms with van der Waals surface area (Å²) in [5.41, 5.74) is 0.00798. The molecule has 1 amide bonds. The fourth-order valence-electron chi connectivity index (χ4n) is 2.90. The van der Waals surface area contributed by atoms with E-state index in [0.29, 0.717) is 11.5 Å². The van der Waals surface area contributed by atoms with E-state index >= 15 is 0 Å². The molecule has 0 saturated heterocycles. The van der Waals surface area contributed by atoms with Crippen LogP contribution in [0.3, 0.4) is 0 Å². The second-order valence-electron chi connectivity index (χ2n) is 6.97. The van der Waals surface area contributed by atoms with Gasteiger partial charge in [0, 0.05) is 13.1 Å². The third-order valence-electron chi connectivity index (χ3n) is 4.33. The minimum Gasteiger partial charge on any atom is -0.341 e. The van der Waals surface area contributed by atoms with E-state index in [1.807, 2.05) is 32.7 Å². The van der Waals surface area contributed by atoms with E-state index in [1.54, 1.807) is 0 Å². The number of nitrogens with zero attached hydrogens (tertiary/aromatic N) is 1. The lowest BCUT2D eigenvalue weighted by molar-refractivity contribution is -0.139. The van der Waals surface area contributed by atoms with Crippen molar-refractivity contribution in [2.75, 3.05) is 13.6 Å². The molecule has 1 fully saturated rings. The molecule has 0 aromatic heterocycles. The lowest BCUT2D eigenvalue weighted by Gasteiger charge is -2.41. The van der Waals surface area contributed by atoms with E-state index < -0.39 is 5.54 Å². The Balaban J connectivity index is 2.60. The SMILES string of the molecule is CCNC(C)(C)C(=O)N(C)C1CCC(C)(C)CC1. The molecule has 1 N–H and O–H groups in total. The van der Waals surface area contributed by atoms with Gasteiger partial charge in [0.2, 0.25) is 5.91 Å². The van der Waals surface area contributed by atoms with Gasteiger partial charge in [0.15, 0.2) is 0 Å². The number of nitrogens with one attached hydrogen (secondary N) is 1. The molecule has 0 radical (unpaired) electrons. The van der Waals surface area contributed by atoms with Crippen LogP contribution in [0, 0.1) is 5.41 Å². The van der Waals surface area contributed by atoms with Gasteiger partial charge in [0.05, 0.1) is 5.54 Å². The Hall–Kier alpha value is -0.570. The lowest BCUT2D eigenvalue weighted by Crippen LogP contribution is -2.56. The van der Waals surface area contributed by atoms with Crippen molar-refractivity contribution in [3.8, 4) is 0 Å². The molecule has 1 rings (SSSR count). The van der Waals surface area contributed by atoms with Crippen LogP contribution in [0.25, 0.3) is 0 Å². The fourth-order valence-corrected chi connectivity index (χ4v) is 2.90. The summed E-state index contributed by atoms with van der Waals surface area (Å²) in [7, 11) is 1.96. The smallest absolute Gasteiger partial charge is 0.242 e. The molecule has 3 heteroatoms. The first-order valence-electron chi connectivity index (χ1n) is 7.22. The third-order valence-corrected chi connectivity index (χ3v) is 4.33. The second kappa shape index (κ2) is 5.60. The van der Waals surface area contributed by atoms with Crippen LogP contribution in [0.5, 0.6) is 0 Å². The Labute approximate surface area is 112 Å². The van der Waals surface area contributed by atoms with Crippen LogP contribution in [0.1, 0.15) is 60.3 Å². The van der Waals surface area contributed by atoms with Crippen molar-refractivity contribution >= 4 is 5.91 Å². The van der Waals surface area contributed by atoms with Crippen LogP contribution >= 0.6 is 0 Å². The molecule has 1 aliphatic rings. The zero-order valence-corrected chi connectivity index (χ0v) is 13.0. The predicted octanol–water partition coefficient (Wildman–Crippen LogP) is 2.80. The number of hydrogen-bond acceptors (Lipinski definition) is 2. The van der Waals surface area contributed by atoms with E-state index in [2.05, 4.69) is 19.2 Å². The van der Waals surface area contributed by atoms with Crippen molar-refractivity contribution in [2.45, 2.75) is 71.9 Å².